The molecule has 1 fully saturated rings. The molecule has 8 heteroatoms. The summed E-state index contributed by atoms with van der Waals surface area (Å²) in [6.07, 6.45) is -0.546. The number of urea groups is 1. The molecule has 1 heterocycles. The van der Waals surface area contributed by atoms with Crippen molar-refractivity contribution >= 4 is 11.8 Å². The van der Waals surface area contributed by atoms with Crippen molar-refractivity contribution in [3.05, 3.63) is 18.3 Å². The van der Waals surface area contributed by atoms with E-state index in [0.717, 1.165) is 12.8 Å². The van der Waals surface area contributed by atoms with Crippen LogP contribution in [0.5, 0.6) is 0 Å². The van der Waals surface area contributed by atoms with Crippen LogP contribution in [0, 0.1) is 5.92 Å². The number of rotatable bonds is 3. The van der Waals surface area contributed by atoms with Gasteiger partial charge < -0.3 is 5.32 Å². The quantitative estimate of drug-likeness (QED) is 0.898. The molecule has 0 saturated heterocycles. The lowest BCUT2D eigenvalue weighted by molar-refractivity contribution is -0.164. The molecule has 1 aliphatic carbocycles. The zero-order chi connectivity index (χ0) is 14.6. The molecule has 0 spiro atoms. The van der Waals surface area contributed by atoms with Gasteiger partial charge in [0.05, 0.1) is 0 Å². The average Bonchev–Trinajstić information content (AvgIpc) is 2.89. The molecule has 1 aromatic rings. The fourth-order valence-corrected chi connectivity index (χ4v) is 2.42. The van der Waals surface area contributed by atoms with E-state index in [-0.39, 0.29) is 5.82 Å². The molecule has 1 atom stereocenters. The number of anilines is 1. The van der Waals surface area contributed by atoms with Gasteiger partial charge >= 0.3 is 12.2 Å². The Morgan fingerprint density at radius 1 is 1.35 bits per heavy atom. The maximum absolute atomic E-state index is 13.0. The molecular formula is C12H15F3N4O. The Bertz CT molecular complexity index is 446. The predicted octanol–water partition coefficient (Wildman–Crippen LogP) is 2.72. The predicted molar refractivity (Wildman–Crippen MR) is 66.0 cm³/mol. The van der Waals surface area contributed by atoms with Crippen molar-refractivity contribution in [1.82, 2.24) is 15.5 Å². The van der Waals surface area contributed by atoms with Crippen LogP contribution >= 0.6 is 0 Å². The first kappa shape index (κ1) is 14.5. The standard InChI is InChI=1S/C12H15F3N4O/c13-12(14,15)10(8-4-1-2-5-8)18-11(20)17-9-6-3-7-16-19-9/h3,6-8,10H,1-2,4-5H2,(H2,17,18,19,20). The summed E-state index contributed by atoms with van der Waals surface area (Å²) >= 11 is 0. The van der Waals surface area contributed by atoms with Gasteiger partial charge in [-0.25, -0.2) is 4.79 Å². The van der Waals surface area contributed by atoms with Crippen LogP contribution in [0.2, 0.25) is 0 Å². The number of halogens is 3. The second-order valence-electron chi connectivity index (χ2n) is 4.77. The molecule has 110 valence electrons. The molecule has 0 aliphatic heterocycles. The van der Waals surface area contributed by atoms with Gasteiger partial charge in [-0.1, -0.05) is 12.8 Å². The van der Waals surface area contributed by atoms with Crippen LogP contribution in [0.25, 0.3) is 0 Å². The minimum absolute atomic E-state index is 0.109. The third kappa shape index (κ3) is 3.82. The highest BCUT2D eigenvalue weighted by molar-refractivity contribution is 5.88. The number of alkyl halides is 3. The monoisotopic (exact) mass is 288 g/mol. The fraction of sp³-hybridized carbons (Fsp3) is 0.583. The molecule has 5 nitrogen and oxygen atoms in total. The Hall–Kier alpha value is -1.86. The van der Waals surface area contributed by atoms with Crippen molar-refractivity contribution < 1.29 is 18.0 Å². The Morgan fingerprint density at radius 3 is 2.60 bits per heavy atom. The Kier molecular flexibility index (Phi) is 4.41. The summed E-state index contributed by atoms with van der Waals surface area (Å²) in [5.41, 5.74) is 0. The molecule has 0 radical (unpaired) electrons. The maximum Gasteiger partial charge on any atom is 0.408 e. The van der Waals surface area contributed by atoms with Crippen LogP contribution in [0.1, 0.15) is 25.7 Å². The largest absolute Gasteiger partial charge is 0.408 e. The molecule has 0 bridgehead atoms. The van der Waals surface area contributed by atoms with Crippen LogP contribution in [0.3, 0.4) is 0 Å². The minimum Gasteiger partial charge on any atom is -0.326 e. The van der Waals surface area contributed by atoms with E-state index in [0.29, 0.717) is 12.8 Å². The normalized spacial score (nSPS) is 17.8. The van der Waals surface area contributed by atoms with Crippen LogP contribution in [-0.4, -0.2) is 28.4 Å². The Labute approximate surface area is 114 Å². The van der Waals surface area contributed by atoms with Crippen molar-refractivity contribution in [3.63, 3.8) is 0 Å². The van der Waals surface area contributed by atoms with Crippen LogP contribution in [0.4, 0.5) is 23.8 Å². The lowest BCUT2D eigenvalue weighted by atomic mass is 9.98. The second-order valence-corrected chi connectivity index (χ2v) is 4.77. The van der Waals surface area contributed by atoms with Gasteiger partial charge in [0.25, 0.3) is 0 Å². The third-order valence-electron chi connectivity index (χ3n) is 3.32. The van der Waals surface area contributed by atoms with E-state index in [4.69, 9.17) is 0 Å². The van der Waals surface area contributed by atoms with Gasteiger partial charge in [0, 0.05) is 6.20 Å². The molecule has 2 rings (SSSR count). The third-order valence-corrected chi connectivity index (χ3v) is 3.32. The number of nitrogens with zero attached hydrogens (tertiary/aromatic N) is 2. The molecule has 1 aromatic heterocycles. The first-order valence-corrected chi connectivity index (χ1v) is 6.39. The van der Waals surface area contributed by atoms with Crippen molar-refractivity contribution in [2.75, 3.05) is 5.32 Å². The number of nitrogens with one attached hydrogen (secondary N) is 2. The molecule has 0 aromatic carbocycles. The van der Waals surface area contributed by atoms with E-state index in [1.54, 1.807) is 0 Å². The lowest BCUT2D eigenvalue weighted by Crippen LogP contribution is -2.50. The molecule has 1 saturated carbocycles. The van der Waals surface area contributed by atoms with Gasteiger partial charge in [-0.2, -0.15) is 18.3 Å². The van der Waals surface area contributed by atoms with E-state index in [9.17, 15) is 18.0 Å². The Balaban J connectivity index is 1.98. The fourth-order valence-electron chi connectivity index (χ4n) is 2.42. The van der Waals surface area contributed by atoms with Gasteiger partial charge in [0.2, 0.25) is 0 Å². The van der Waals surface area contributed by atoms with Crippen molar-refractivity contribution in [2.45, 2.75) is 37.9 Å². The number of aromatic nitrogens is 2. The van der Waals surface area contributed by atoms with Gasteiger partial charge in [-0.05, 0) is 30.9 Å². The lowest BCUT2D eigenvalue weighted by Gasteiger charge is -2.26. The summed E-state index contributed by atoms with van der Waals surface area (Å²) in [4.78, 5) is 11.6. The Morgan fingerprint density at radius 2 is 2.05 bits per heavy atom. The first-order chi connectivity index (χ1) is 9.47. The van der Waals surface area contributed by atoms with Gasteiger partial charge in [0.1, 0.15) is 6.04 Å². The number of carbonyl (C=O) groups excluding carboxylic acids is 1. The summed E-state index contributed by atoms with van der Waals surface area (Å²) in [5, 5.41) is 11.4. The van der Waals surface area contributed by atoms with Crippen molar-refractivity contribution in [1.29, 1.82) is 0 Å². The smallest absolute Gasteiger partial charge is 0.326 e. The summed E-state index contributed by atoms with van der Waals surface area (Å²) in [6, 6.07) is 0.243. The number of hydrogen-bond donors (Lipinski definition) is 2. The maximum atomic E-state index is 13.0. The number of hydrogen-bond acceptors (Lipinski definition) is 3. The summed E-state index contributed by atoms with van der Waals surface area (Å²) in [7, 11) is 0. The summed E-state index contributed by atoms with van der Waals surface area (Å²) in [5.74, 6) is -0.444. The zero-order valence-corrected chi connectivity index (χ0v) is 10.7. The first-order valence-electron chi connectivity index (χ1n) is 6.39. The van der Waals surface area contributed by atoms with E-state index >= 15 is 0 Å². The van der Waals surface area contributed by atoms with Crippen molar-refractivity contribution in [3.8, 4) is 0 Å². The zero-order valence-electron chi connectivity index (χ0n) is 10.7. The second kappa shape index (κ2) is 6.06. The summed E-state index contributed by atoms with van der Waals surface area (Å²) < 4.78 is 39.0. The molecule has 20 heavy (non-hydrogen) atoms. The highest BCUT2D eigenvalue weighted by Gasteiger charge is 2.46. The highest BCUT2D eigenvalue weighted by atomic mass is 19.4. The van der Waals surface area contributed by atoms with E-state index in [2.05, 4.69) is 15.5 Å². The minimum atomic E-state index is -4.45. The highest BCUT2D eigenvalue weighted by Crippen LogP contribution is 2.35. The van der Waals surface area contributed by atoms with E-state index in [1.165, 1.54) is 18.3 Å². The molecule has 1 unspecified atom stereocenters. The number of amides is 2. The van der Waals surface area contributed by atoms with Gasteiger partial charge in [0.15, 0.2) is 5.82 Å². The van der Waals surface area contributed by atoms with E-state index in [1.807, 2.05) is 5.32 Å². The van der Waals surface area contributed by atoms with Gasteiger partial charge in [-0.3, -0.25) is 5.32 Å². The van der Waals surface area contributed by atoms with Crippen LogP contribution < -0.4 is 10.6 Å². The average molecular weight is 288 g/mol. The topological polar surface area (TPSA) is 66.9 Å². The molecular weight excluding hydrogens is 273 g/mol. The van der Waals surface area contributed by atoms with Crippen LogP contribution in [-0.2, 0) is 0 Å². The summed E-state index contributed by atoms with van der Waals surface area (Å²) in [6.45, 7) is 0. The number of carbonyl (C=O) groups is 1. The molecule has 2 N–H and O–H groups in total. The SMILES string of the molecule is O=C(Nc1cccnn1)NC(C1CCCC1)C(F)(F)F. The molecule has 2 amide bonds. The molecule has 1 aliphatic rings. The van der Waals surface area contributed by atoms with Gasteiger partial charge in [-0.15, -0.1) is 5.10 Å². The van der Waals surface area contributed by atoms with E-state index < -0.39 is 24.2 Å². The van der Waals surface area contributed by atoms with Crippen LogP contribution in [0.15, 0.2) is 18.3 Å². The van der Waals surface area contributed by atoms with Crippen molar-refractivity contribution in [2.24, 2.45) is 5.92 Å².